The second-order valence-corrected chi connectivity index (χ2v) is 17.0. The molecule has 0 saturated heterocycles. The Hall–Kier alpha value is -5.56. The summed E-state index contributed by atoms with van der Waals surface area (Å²) in [7, 11) is -7.72. The zero-order valence-corrected chi connectivity index (χ0v) is 30.4. The zero-order valence-electron chi connectivity index (χ0n) is 27.1. The van der Waals surface area contributed by atoms with Crippen LogP contribution in [0.3, 0.4) is 0 Å². The molecule has 14 nitrogen and oxygen atoms in total. The van der Waals surface area contributed by atoms with Crippen molar-refractivity contribution in [3.8, 4) is 10.0 Å². The van der Waals surface area contributed by atoms with E-state index >= 15 is 0 Å². The normalized spacial score (nSPS) is 12.1. The van der Waals surface area contributed by atoms with Gasteiger partial charge in [-0.25, -0.2) is 16.8 Å². The van der Waals surface area contributed by atoms with Gasteiger partial charge in [0.25, 0.3) is 20.0 Å². The summed E-state index contributed by atoms with van der Waals surface area (Å²) in [6.07, 6.45) is 0.481. The Bertz CT molecular complexity index is 2500. The third-order valence-corrected chi connectivity index (χ3v) is 13.7. The van der Waals surface area contributed by atoms with Crippen LogP contribution < -0.4 is 8.61 Å². The molecule has 8 rings (SSSR count). The molecule has 0 aliphatic carbocycles. The molecule has 0 aliphatic heterocycles. The molecule has 0 bridgehead atoms. The predicted octanol–water partition coefficient (Wildman–Crippen LogP) is 5.23. The number of para-hydroxylation sites is 2. The molecule has 52 heavy (non-hydrogen) atoms. The van der Waals surface area contributed by atoms with E-state index in [2.05, 4.69) is 20.4 Å². The summed E-state index contributed by atoms with van der Waals surface area (Å²) < 4.78 is 60.8. The van der Waals surface area contributed by atoms with Crippen molar-refractivity contribution in [2.75, 3.05) is 21.7 Å². The van der Waals surface area contributed by atoms with Crippen molar-refractivity contribution in [1.82, 2.24) is 39.6 Å². The number of rotatable bonds is 13. The number of benzene rings is 4. The van der Waals surface area contributed by atoms with Gasteiger partial charge in [0.05, 0.1) is 21.2 Å². The Morgan fingerprint density at radius 3 is 1.19 bits per heavy atom. The van der Waals surface area contributed by atoms with Gasteiger partial charge in [-0.05, 0) is 48.5 Å². The van der Waals surface area contributed by atoms with Gasteiger partial charge in [0, 0.05) is 25.9 Å². The van der Waals surface area contributed by atoms with E-state index in [0.29, 0.717) is 43.0 Å². The highest BCUT2D eigenvalue weighted by atomic mass is 32.2. The van der Waals surface area contributed by atoms with Crippen LogP contribution in [0.25, 0.3) is 19.9 Å². The number of sulfonamides is 2. The molecule has 262 valence electrons. The molecular weight excluding hydrogens is 741 g/mol. The fourth-order valence-corrected chi connectivity index (χ4v) is 10.3. The van der Waals surface area contributed by atoms with E-state index in [1.807, 2.05) is 12.1 Å². The Balaban J connectivity index is 1.04. The quantitative estimate of drug-likeness (QED) is 0.152. The van der Waals surface area contributed by atoms with Gasteiger partial charge < -0.3 is 0 Å². The number of hydrogen-bond donors (Lipinski definition) is 0. The Kier molecular flexibility index (Phi) is 8.96. The molecule has 0 radical (unpaired) electrons. The van der Waals surface area contributed by atoms with Gasteiger partial charge in [-0.15, -0.1) is 20.4 Å². The lowest BCUT2D eigenvalue weighted by Gasteiger charge is -2.24. The van der Waals surface area contributed by atoms with Crippen molar-refractivity contribution in [1.29, 1.82) is 0 Å². The van der Waals surface area contributed by atoms with Gasteiger partial charge in [0.1, 0.15) is 0 Å². The van der Waals surface area contributed by atoms with Crippen molar-refractivity contribution in [3.05, 3.63) is 133 Å². The standard InChI is InChI=1S/C34H28N10O4S4/c45-51(46,27-17-9-3-10-18-27)41(25-13-5-1-6-14-25)23-21-29-35-37-33-43(29)39-31(49-33)32-40-44-30(36-38-34(44)50-32)22-24-42(26-15-7-2-8-16-26)52(47,48)28-19-11-4-12-20-28/h1-20H,21-24H2. The van der Waals surface area contributed by atoms with Gasteiger partial charge in [-0.1, -0.05) is 95.5 Å². The summed E-state index contributed by atoms with van der Waals surface area (Å²) in [6, 6.07) is 34.5. The van der Waals surface area contributed by atoms with E-state index in [1.165, 1.54) is 31.3 Å². The lowest BCUT2D eigenvalue weighted by atomic mass is 10.3. The minimum atomic E-state index is -3.86. The molecule has 4 aromatic carbocycles. The Morgan fingerprint density at radius 1 is 0.481 bits per heavy atom. The molecule has 18 heteroatoms. The van der Waals surface area contributed by atoms with Crippen molar-refractivity contribution < 1.29 is 16.8 Å². The monoisotopic (exact) mass is 768 g/mol. The molecule has 0 spiro atoms. The van der Waals surface area contributed by atoms with Crippen molar-refractivity contribution in [3.63, 3.8) is 0 Å². The van der Waals surface area contributed by atoms with E-state index in [9.17, 15) is 16.8 Å². The Morgan fingerprint density at radius 2 is 0.827 bits per heavy atom. The smallest absolute Gasteiger partial charge is 0.264 e. The van der Waals surface area contributed by atoms with Crippen LogP contribution in [0.15, 0.2) is 131 Å². The lowest BCUT2D eigenvalue weighted by molar-refractivity contribution is 0.588. The largest absolute Gasteiger partial charge is 0.266 e. The molecule has 0 atom stereocenters. The number of nitrogens with zero attached hydrogens (tertiary/aromatic N) is 10. The van der Waals surface area contributed by atoms with Crippen LogP contribution in [-0.4, -0.2) is 69.5 Å². The molecule has 0 saturated carbocycles. The zero-order chi connectivity index (χ0) is 35.7. The van der Waals surface area contributed by atoms with Crippen molar-refractivity contribution >= 4 is 64.0 Å². The summed E-state index contributed by atoms with van der Waals surface area (Å²) in [6.45, 7) is 0.212. The van der Waals surface area contributed by atoms with Gasteiger partial charge >= 0.3 is 0 Å². The van der Waals surface area contributed by atoms with Crippen LogP contribution in [0.4, 0.5) is 11.4 Å². The van der Waals surface area contributed by atoms with Gasteiger partial charge in [0.2, 0.25) is 9.92 Å². The van der Waals surface area contributed by atoms with Crippen molar-refractivity contribution in [2.24, 2.45) is 0 Å². The third kappa shape index (κ3) is 6.40. The van der Waals surface area contributed by atoms with Crippen LogP contribution in [0.2, 0.25) is 0 Å². The highest BCUT2D eigenvalue weighted by Crippen LogP contribution is 2.31. The van der Waals surface area contributed by atoms with E-state index in [4.69, 9.17) is 10.2 Å². The van der Waals surface area contributed by atoms with Gasteiger partial charge in [-0.2, -0.15) is 19.2 Å². The Labute approximate surface area is 306 Å². The average molecular weight is 769 g/mol. The van der Waals surface area contributed by atoms with Crippen LogP contribution >= 0.6 is 22.7 Å². The first-order valence-electron chi connectivity index (χ1n) is 16.0. The number of fused-ring (bicyclic) bond motifs is 2. The molecule has 0 aliphatic rings. The molecule has 4 heterocycles. The minimum absolute atomic E-state index is 0.106. The summed E-state index contributed by atoms with van der Waals surface area (Å²) >= 11 is 2.58. The van der Waals surface area contributed by atoms with E-state index in [-0.39, 0.29) is 35.7 Å². The maximum Gasteiger partial charge on any atom is 0.264 e. The van der Waals surface area contributed by atoms with E-state index < -0.39 is 20.0 Å². The molecule has 4 aromatic heterocycles. The molecular formula is C34H28N10O4S4. The lowest BCUT2D eigenvalue weighted by Crippen LogP contribution is -2.33. The second kappa shape index (κ2) is 13.9. The third-order valence-electron chi connectivity index (χ3n) is 8.12. The maximum atomic E-state index is 13.7. The number of aromatic nitrogens is 8. The minimum Gasteiger partial charge on any atom is -0.266 e. The molecule has 0 N–H and O–H groups in total. The summed E-state index contributed by atoms with van der Waals surface area (Å²) in [5, 5.41) is 27.8. The summed E-state index contributed by atoms with van der Waals surface area (Å²) in [5.74, 6) is 0.983. The first-order valence-corrected chi connectivity index (χ1v) is 20.5. The first kappa shape index (κ1) is 33.6. The van der Waals surface area contributed by atoms with Crippen LogP contribution in [0, 0.1) is 0 Å². The fourth-order valence-electron chi connectivity index (χ4n) is 5.61. The maximum absolute atomic E-state index is 13.7. The van der Waals surface area contributed by atoms with E-state index in [1.54, 1.807) is 118 Å². The summed E-state index contributed by atoms with van der Waals surface area (Å²) in [5.41, 5.74) is 1.07. The summed E-state index contributed by atoms with van der Waals surface area (Å²) in [4.78, 5) is 1.43. The fraction of sp³-hybridized carbons (Fsp3) is 0.118. The number of anilines is 2. The van der Waals surface area contributed by atoms with Crippen LogP contribution in [-0.2, 0) is 32.9 Å². The molecule has 8 aromatic rings. The molecule has 0 amide bonds. The second-order valence-electron chi connectivity index (χ2n) is 11.4. The number of hydrogen-bond acceptors (Lipinski definition) is 12. The van der Waals surface area contributed by atoms with Gasteiger partial charge in [-0.3, -0.25) is 8.61 Å². The average Bonchev–Trinajstić information content (AvgIpc) is 3.96. The predicted molar refractivity (Wildman–Crippen MR) is 199 cm³/mol. The molecule has 0 fully saturated rings. The van der Waals surface area contributed by atoms with Crippen LogP contribution in [0.1, 0.15) is 11.6 Å². The molecule has 0 unspecified atom stereocenters. The first-order chi connectivity index (χ1) is 25.3. The topological polar surface area (TPSA) is 161 Å². The van der Waals surface area contributed by atoms with Gasteiger partial charge in [0.15, 0.2) is 21.7 Å². The highest BCUT2D eigenvalue weighted by Gasteiger charge is 2.28. The SMILES string of the molecule is O=S(=O)(c1ccccc1)N(CCc1nnc2sc(-c3nn4c(CCN(c5ccccc5)S(=O)(=O)c5ccccc5)nnc4s3)nn12)c1ccccc1. The van der Waals surface area contributed by atoms with E-state index in [0.717, 1.165) is 0 Å². The highest BCUT2D eigenvalue weighted by molar-refractivity contribution is 7.93. The van der Waals surface area contributed by atoms with Crippen molar-refractivity contribution in [2.45, 2.75) is 22.6 Å². The van der Waals surface area contributed by atoms with Crippen LogP contribution in [0.5, 0.6) is 0 Å².